The topological polar surface area (TPSA) is 126 Å². The van der Waals surface area contributed by atoms with Gasteiger partial charge >= 0.3 is 0 Å². The molecule has 1 aliphatic heterocycles. The van der Waals surface area contributed by atoms with Crippen LogP contribution in [-0.2, 0) is 16.4 Å². The molecule has 0 radical (unpaired) electrons. The predicted molar refractivity (Wildman–Crippen MR) is 148 cm³/mol. The van der Waals surface area contributed by atoms with Gasteiger partial charge in [-0.05, 0) is 67.8 Å². The highest BCUT2D eigenvalue weighted by Crippen LogP contribution is 2.30. The van der Waals surface area contributed by atoms with Crippen molar-refractivity contribution in [2.75, 3.05) is 23.1 Å². The number of nitrogens with zero attached hydrogens (tertiary/aromatic N) is 5. The molecule has 3 N–H and O–H groups in total. The number of rotatable bonds is 7. The quantitative estimate of drug-likeness (QED) is 0.291. The molecule has 6 rings (SSSR count). The first-order valence-electron chi connectivity index (χ1n) is 12.7. The summed E-state index contributed by atoms with van der Waals surface area (Å²) in [5, 5.41) is 12.2. The van der Waals surface area contributed by atoms with Crippen LogP contribution < -0.4 is 15.4 Å². The van der Waals surface area contributed by atoms with Crippen LogP contribution in [0.3, 0.4) is 0 Å². The summed E-state index contributed by atoms with van der Waals surface area (Å²) in [5.74, 6) is 0.854. The molecule has 0 saturated carbocycles. The van der Waals surface area contributed by atoms with E-state index in [9.17, 15) is 8.42 Å². The summed E-state index contributed by atoms with van der Waals surface area (Å²) in [4.78, 5) is 13.8. The molecule has 0 spiro atoms. The van der Waals surface area contributed by atoms with Gasteiger partial charge < -0.3 is 10.6 Å². The Bertz CT molecular complexity index is 1710. The van der Waals surface area contributed by atoms with Crippen LogP contribution in [0.4, 0.5) is 11.8 Å². The maximum Gasteiger partial charge on any atom is 0.263 e. The SMILES string of the molecule is CCc1cc(-c2ccc3c(NS(=O)(=O)c4ccccc4)ncnn23)cc2cnc(NC3CCCNC3)nc12. The van der Waals surface area contributed by atoms with E-state index in [1.54, 1.807) is 34.8 Å². The Hall–Kier alpha value is -4.09. The summed E-state index contributed by atoms with van der Waals surface area (Å²) in [6.45, 7) is 4.07. The second-order valence-electron chi connectivity index (χ2n) is 9.35. The third-order valence-electron chi connectivity index (χ3n) is 6.81. The number of sulfonamides is 1. The number of aromatic nitrogens is 5. The molecule has 194 valence electrons. The van der Waals surface area contributed by atoms with E-state index < -0.39 is 10.0 Å². The average molecular weight is 529 g/mol. The Morgan fingerprint density at radius 1 is 1.11 bits per heavy atom. The Morgan fingerprint density at radius 2 is 1.97 bits per heavy atom. The summed E-state index contributed by atoms with van der Waals surface area (Å²) < 4.78 is 30.1. The summed E-state index contributed by atoms with van der Waals surface area (Å²) in [6.07, 6.45) is 6.24. The lowest BCUT2D eigenvalue weighted by atomic mass is 10.0. The van der Waals surface area contributed by atoms with Crippen molar-refractivity contribution in [2.24, 2.45) is 0 Å². The number of fused-ring (bicyclic) bond motifs is 2. The first-order chi connectivity index (χ1) is 18.5. The monoisotopic (exact) mass is 528 g/mol. The first-order valence-corrected chi connectivity index (χ1v) is 14.2. The molecule has 0 bridgehead atoms. The van der Waals surface area contributed by atoms with Crippen molar-refractivity contribution >= 4 is 38.2 Å². The van der Waals surface area contributed by atoms with Crippen molar-refractivity contribution in [1.29, 1.82) is 0 Å². The minimum Gasteiger partial charge on any atom is -0.350 e. The number of aryl methyl sites for hydroxylation is 1. The maximum absolute atomic E-state index is 12.9. The molecule has 1 aliphatic rings. The number of nitrogens with one attached hydrogen (secondary N) is 3. The molecular formula is C27H28N8O2S. The van der Waals surface area contributed by atoms with Crippen LogP contribution in [0.5, 0.6) is 0 Å². The average Bonchev–Trinajstić information content (AvgIpc) is 3.39. The van der Waals surface area contributed by atoms with Gasteiger partial charge in [0.25, 0.3) is 10.0 Å². The van der Waals surface area contributed by atoms with Gasteiger partial charge in [-0.25, -0.2) is 27.9 Å². The number of anilines is 2. The molecule has 3 aromatic heterocycles. The van der Waals surface area contributed by atoms with Gasteiger partial charge in [0.1, 0.15) is 11.8 Å². The van der Waals surface area contributed by atoms with Gasteiger partial charge in [-0.1, -0.05) is 25.1 Å². The van der Waals surface area contributed by atoms with E-state index in [0.717, 1.165) is 60.1 Å². The highest BCUT2D eigenvalue weighted by molar-refractivity contribution is 7.92. The van der Waals surface area contributed by atoms with Crippen molar-refractivity contribution in [1.82, 2.24) is 29.9 Å². The number of hydrogen-bond donors (Lipinski definition) is 3. The van der Waals surface area contributed by atoms with Crippen LogP contribution in [0.25, 0.3) is 27.7 Å². The van der Waals surface area contributed by atoms with E-state index in [1.165, 1.54) is 6.33 Å². The first kappa shape index (κ1) is 24.3. The number of benzene rings is 2. The van der Waals surface area contributed by atoms with E-state index in [1.807, 2.05) is 24.4 Å². The van der Waals surface area contributed by atoms with Crippen LogP contribution >= 0.6 is 0 Å². The zero-order valence-electron chi connectivity index (χ0n) is 20.9. The van der Waals surface area contributed by atoms with E-state index in [2.05, 4.69) is 43.4 Å². The van der Waals surface area contributed by atoms with Gasteiger partial charge in [-0.15, -0.1) is 0 Å². The van der Waals surface area contributed by atoms with Crippen molar-refractivity contribution in [3.63, 3.8) is 0 Å². The Labute approximate surface area is 220 Å². The van der Waals surface area contributed by atoms with E-state index in [0.29, 0.717) is 17.5 Å². The van der Waals surface area contributed by atoms with Crippen LogP contribution in [0.1, 0.15) is 25.3 Å². The van der Waals surface area contributed by atoms with Crippen LogP contribution in [0.15, 0.2) is 72.0 Å². The molecule has 5 aromatic rings. The van der Waals surface area contributed by atoms with E-state index >= 15 is 0 Å². The van der Waals surface area contributed by atoms with Gasteiger partial charge in [0, 0.05) is 29.7 Å². The number of hydrogen-bond acceptors (Lipinski definition) is 8. The summed E-state index contributed by atoms with van der Waals surface area (Å²) in [5.41, 5.74) is 4.32. The lowest BCUT2D eigenvalue weighted by Crippen LogP contribution is -2.38. The third-order valence-corrected chi connectivity index (χ3v) is 8.16. The van der Waals surface area contributed by atoms with Gasteiger partial charge in [0.2, 0.25) is 5.95 Å². The molecule has 1 saturated heterocycles. The highest BCUT2D eigenvalue weighted by atomic mass is 32.2. The van der Waals surface area contributed by atoms with E-state index in [4.69, 9.17) is 4.98 Å². The minimum atomic E-state index is -3.79. The molecule has 2 aromatic carbocycles. The molecule has 0 amide bonds. The molecule has 4 heterocycles. The standard InChI is InChI=1S/C27H28N8O2S/c1-2-18-13-19(14-20-15-29-27(33-25(18)20)32-21-7-6-12-28-16-21)23-10-11-24-26(30-17-31-35(23)24)34-38(36,37)22-8-4-3-5-9-22/h3-5,8-11,13-15,17,21,28H,2,6-7,12,16H2,1H3,(H,29,32,33)(H,30,31,34). The van der Waals surface area contributed by atoms with Gasteiger partial charge in [-0.2, -0.15) is 5.10 Å². The largest absolute Gasteiger partial charge is 0.350 e. The molecular weight excluding hydrogens is 500 g/mol. The van der Waals surface area contributed by atoms with Gasteiger partial charge in [-0.3, -0.25) is 4.72 Å². The maximum atomic E-state index is 12.9. The summed E-state index contributed by atoms with van der Waals surface area (Å²) in [6, 6.07) is 16.4. The molecule has 38 heavy (non-hydrogen) atoms. The molecule has 1 fully saturated rings. The van der Waals surface area contributed by atoms with Crippen LogP contribution in [0.2, 0.25) is 0 Å². The fourth-order valence-corrected chi connectivity index (χ4v) is 5.93. The second-order valence-corrected chi connectivity index (χ2v) is 11.0. The zero-order chi connectivity index (χ0) is 26.1. The summed E-state index contributed by atoms with van der Waals surface area (Å²) in [7, 11) is -3.79. The summed E-state index contributed by atoms with van der Waals surface area (Å²) >= 11 is 0. The van der Waals surface area contributed by atoms with Crippen molar-refractivity contribution in [3.8, 4) is 11.3 Å². The molecule has 10 nitrogen and oxygen atoms in total. The lowest BCUT2D eigenvalue weighted by Gasteiger charge is -2.23. The minimum absolute atomic E-state index is 0.166. The molecule has 1 unspecified atom stereocenters. The third kappa shape index (κ3) is 4.66. The smallest absolute Gasteiger partial charge is 0.263 e. The normalized spacial score (nSPS) is 16.1. The Morgan fingerprint density at radius 3 is 2.76 bits per heavy atom. The van der Waals surface area contributed by atoms with Crippen LogP contribution in [0, 0.1) is 0 Å². The van der Waals surface area contributed by atoms with Crippen molar-refractivity contribution < 1.29 is 8.42 Å². The molecule has 0 aliphatic carbocycles. The lowest BCUT2D eigenvalue weighted by molar-refractivity contribution is 0.478. The Kier molecular flexibility index (Phi) is 6.38. The number of piperidine rings is 1. The molecule has 1 atom stereocenters. The highest BCUT2D eigenvalue weighted by Gasteiger charge is 2.19. The Balaban J connectivity index is 1.35. The second kappa shape index (κ2) is 9.99. The van der Waals surface area contributed by atoms with E-state index in [-0.39, 0.29) is 10.7 Å². The van der Waals surface area contributed by atoms with Crippen LogP contribution in [-0.4, -0.2) is 52.1 Å². The predicted octanol–water partition coefficient (Wildman–Crippen LogP) is 3.87. The molecule has 11 heteroatoms. The fourth-order valence-electron chi connectivity index (χ4n) is 4.88. The van der Waals surface area contributed by atoms with Gasteiger partial charge in [0.15, 0.2) is 5.82 Å². The van der Waals surface area contributed by atoms with Gasteiger partial charge in [0.05, 0.1) is 16.1 Å². The van der Waals surface area contributed by atoms with Crippen molar-refractivity contribution in [2.45, 2.75) is 37.1 Å². The zero-order valence-corrected chi connectivity index (χ0v) is 21.7. The van der Waals surface area contributed by atoms with Crippen molar-refractivity contribution in [3.05, 3.63) is 72.7 Å². The fraction of sp³-hybridized carbons (Fsp3) is 0.259.